The summed E-state index contributed by atoms with van der Waals surface area (Å²) in [4.78, 5) is 43.5. The van der Waals surface area contributed by atoms with Crippen molar-refractivity contribution in [2.75, 3.05) is 5.32 Å². The molecule has 0 fully saturated rings. The van der Waals surface area contributed by atoms with Gasteiger partial charge < -0.3 is 25.2 Å². The Morgan fingerprint density at radius 3 is 2.57 bits per heavy atom. The predicted molar refractivity (Wildman–Crippen MR) is 131 cm³/mol. The van der Waals surface area contributed by atoms with Gasteiger partial charge >= 0.3 is 12.0 Å². The smallest absolute Gasteiger partial charge is 0.325 e. The van der Waals surface area contributed by atoms with E-state index in [-0.39, 0.29) is 13.0 Å². The Kier molecular flexibility index (Phi) is 7.07. The topological polar surface area (TPSA) is 117 Å². The molecule has 2 heterocycles. The number of aromatic nitrogens is 2. The van der Waals surface area contributed by atoms with Crippen molar-refractivity contribution < 1.29 is 19.5 Å². The fourth-order valence-corrected chi connectivity index (χ4v) is 4.16. The first-order valence-electron chi connectivity index (χ1n) is 11.2. The van der Waals surface area contributed by atoms with Crippen LogP contribution in [0.4, 0.5) is 10.5 Å². The second kappa shape index (κ2) is 10.2. The average Bonchev–Trinajstić information content (AvgIpc) is 3.22. The normalized spacial score (nSPS) is 15.7. The number of rotatable bonds is 6. The number of hydrogen-bond donors (Lipinski definition) is 3. The van der Waals surface area contributed by atoms with E-state index in [4.69, 9.17) is 11.6 Å². The van der Waals surface area contributed by atoms with Gasteiger partial charge in [-0.25, -0.2) is 9.78 Å². The molecule has 0 saturated carbocycles. The Hall–Kier alpha value is -3.85. The van der Waals surface area contributed by atoms with E-state index in [0.29, 0.717) is 22.9 Å². The van der Waals surface area contributed by atoms with Crippen molar-refractivity contribution in [2.24, 2.45) is 0 Å². The molecule has 1 aromatic heterocycles. The van der Waals surface area contributed by atoms with Crippen LogP contribution in [0.15, 0.2) is 54.9 Å². The lowest BCUT2D eigenvalue weighted by molar-refractivity contribution is -0.142. The lowest BCUT2D eigenvalue weighted by Gasteiger charge is -2.35. The van der Waals surface area contributed by atoms with E-state index in [9.17, 15) is 19.5 Å². The molecule has 3 aromatic rings. The molecule has 4 rings (SSSR count). The second-order valence-electron chi connectivity index (χ2n) is 8.57. The molecule has 2 aromatic carbocycles. The molecule has 2 atom stereocenters. The van der Waals surface area contributed by atoms with Crippen molar-refractivity contribution in [1.82, 2.24) is 19.8 Å². The maximum atomic E-state index is 13.3. The minimum atomic E-state index is -1.16. The third-order valence-corrected chi connectivity index (χ3v) is 6.38. The Labute approximate surface area is 207 Å². The molecule has 10 heteroatoms. The number of aliphatic carboxylic acids is 1. The quantitative estimate of drug-likeness (QED) is 0.484. The zero-order valence-corrected chi connectivity index (χ0v) is 20.1. The summed E-state index contributed by atoms with van der Waals surface area (Å²) in [6.07, 6.45) is 1.83. The third-order valence-electron chi connectivity index (χ3n) is 6.01. The summed E-state index contributed by atoms with van der Waals surface area (Å²) in [5.41, 5.74) is 4.02. The number of carbonyl (C=O) groups is 3. The van der Waals surface area contributed by atoms with Crippen LogP contribution in [0.2, 0.25) is 5.02 Å². The molecular weight excluding hydrogens is 470 g/mol. The van der Waals surface area contributed by atoms with Crippen LogP contribution < -0.4 is 10.6 Å². The van der Waals surface area contributed by atoms with Gasteiger partial charge in [0.2, 0.25) is 5.91 Å². The van der Waals surface area contributed by atoms with Gasteiger partial charge in [-0.3, -0.25) is 9.59 Å². The molecule has 1 aliphatic rings. The molecule has 1 aliphatic heterocycles. The average molecular weight is 496 g/mol. The Bertz CT molecular complexity index is 1260. The number of carboxylic acid groups (broad SMARTS) is 1. The standard InChI is InChI=1S/C25H26ClN5O4/c1-15-7-9-18(10-8-15)29-25(35)31-13-22-20(11-21(31)23(32)28-16(2)24(33)34)27-14-30(22)12-17-5-3-4-6-19(17)26/h3-10,14,16,21H,11-13H2,1-2H3,(H,28,32)(H,29,35)(H,33,34). The number of anilines is 1. The monoisotopic (exact) mass is 495 g/mol. The van der Waals surface area contributed by atoms with Gasteiger partial charge in [0.15, 0.2) is 0 Å². The van der Waals surface area contributed by atoms with Gasteiger partial charge in [0, 0.05) is 17.1 Å². The Morgan fingerprint density at radius 2 is 1.89 bits per heavy atom. The molecule has 3 N–H and O–H groups in total. The molecular formula is C25H26ClN5O4. The first kappa shape index (κ1) is 24.3. The number of amides is 3. The fourth-order valence-electron chi connectivity index (χ4n) is 3.96. The van der Waals surface area contributed by atoms with Crippen LogP contribution in [0.5, 0.6) is 0 Å². The minimum Gasteiger partial charge on any atom is -0.480 e. The number of carboxylic acids is 1. The molecule has 0 spiro atoms. The van der Waals surface area contributed by atoms with Crippen molar-refractivity contribution in [3.8, 4) is 0 Å². The zero-order chi connectivity index (χ0) is 25.1. The SMILES string of the molecule is Cc1ccc(NC(=O)N2Cc3c(ncn3Cc3ccccc3Cl)CC2C(=O)NC(C)C(=O)O)cc1. The molecule has 2 unspecified atom stereocenters. The summed E-state index contributed by atoms with van der Waals surface area (Å²) in [6.45, 7) is 3.91. The van der Waals surface area contributed by atoms with Gasteiger partial charge in [0.25, 0.3) is 0 Å². The molecule has 0 saturated heterocycles. The van der Waals surface area contributed by atoms with Gasteiger partial charge in [-0.1, -0.05) is 47.5 Å². The Balaban J connectivity index is 1.62. The van der Waals surface area contributed by atoms with Crippen LogP contribution in [0.3, 0.4) is 0 Å². The van der Waals surface area contributed by atoms with Crippen LogP contribution in [-0.2, 0) is 29.1 Å². The maximum Gasteiger partial charge on any atom is 0.325 e. The predicted octanol–water partition coefficient (Wildman–Crippen LogP) is 3.44. The number of fused-ring (bicyclic) bond motifs is 1. The molecule has 0 radical (unpaired) electrons. The van der Waals surface area contributed by atoms with Crippen molar-refractivity contribution >= 4 is 35.2 Å². The number of urea groups is 1. The number of nitrogens with one attached hydrogen (secondary N) is 2. The van der Waals surface area contributed by atoms with Crippen LogP contribution >= 0.6 is 11.6 Å². The van der Waals surface area contributed by atoms with E-state index in [1.165, 1.54) is 11.8 Å². The lowest BCUT2D eigenvalue weighted by atomic mass is 10.0. The van der Waals surface area contributed by atoms with E-state index >= 15 is 0 Å². The highest BCUT2D eigenvalue weighted by Crippen LogP contribution is 2.26. The van der Waals surface area contributed by atoms with E-state index < -0.39 is 30.0 Å². The third kappa shape index (κ3) is 5.46. The van der Waals surface area contributed by atoms with Crippen LogP contribution in [0.1, 0.15) is 29.4 Å². The lowest BCUT2D eigenvalue weighted by Crippen LogP contribution is -2.56. The zero-order valence-electron chi connectivity index (χ0n) is 19.4. The summed E-state index contributed by atoms with van der Waals surface area (Å²) in [6, 6.07) is 12.3. The summed E-state index contributed by atoms with van der Waals surface area (Å²) in [5.74, 6) is -1.71. The molecule has 35 heavy (non-hydrogen) atoms. The van der Waals surface area contributed by atoms with Gasteiger partial charge in [0.05, 0.1) is 30.8 Å². The highest BCUT2D eigenvalue weighted by atomic mass is 35.5. The van der Waals surface area contributed by atoms with Gasteiger partial charge in [-0.2, -0.15) is 0 Å². The largest absolute Gasteiger partial charge is 0.480 e. The number of carbonyl (C=O) groups excluding carboxylic acids is 2. The van der Waals surface area contributed by atoms with Crippen molar-refractivity contribution in [3.05, 3.63) is 82.4 Å². The molecule has 3 amide bonds. The maximum absolute atomic E-state index is 13.3. The van der Waals surface area contributed by atoms with Gasteiger partial charge in [-0.15, -0.1) is 0 Å². The van der Waals surface area contributed by atoms with E-state index in [0.717, 1.165) is 16.8 Å². The van der Waals surface area contributed by atoms with E-state index in [1.54, 1.807) is 18.5 Å². The van der Waals surface area contributed by atoms with Crippen molar-refractivity contribution in [1.29, 1.82) is 0 Å². The highest BCUT2D eigenvalue weighted by molar-refractivity contribution is 6.31. The summed E-state index contributed by atoms with van der Waals surface area (Å²) in [7, 11) is 0. The second-order valence-corrected chi connectivity index (χ2v) is 8.98. The number of aryl methyl sites for hydroxylation is 1. The summed E-state index contributed by atoms with van der Waals surface area (Å²) in [5, 5.41) is 15.2. The van der Waals surface area contributed by atoms with Gasteiger partial charge in [0.1, 0.15) is 12.1 Å². The number of hydrogen-bond acceptors (Lipinski definition) is 4. The van der Waals surface area contributed by atoms with E-state index in [2.05, 4.69) is 15.6 Å². The van der Waals surface area contributed by atoms with Crippen LogP contribution in [0, 0.1) is 6.92 Å². The molecule has 182 valence electrons. The van der Waals surface area contributed by atoms with Gasteiger partial charge in [-0.05, 0) is 37.6 Å². The van der Waals surface area contributed by atoms with E-state index in [1.807, 2.05) is 47.9 Å². The number of benzene rings is 2. The number of nitrogens with zero attached hydrogens (tertiary/aromatic N) is 3. The van der Waals surface area contributed by atoms with Crippen LogP contribution in [0.25, 0.3) is 0 Å². The molecule has 9 nitrogen and oxygen atoms in total. The van der Waals surface area contributed by atoms with Crippen LogP contribution in [-0.4, -0.2) is 49.5 Å². The molecule has 0 aliphatic carbocycles. The Morgan fingerprint density at radius 1 is 1.17 bits per heavy atom. The summed E-state index contributed by atoms with van der Waals surface area (Å²) < 4.78 is 1.91. The highest BCUT2D eigenvalue weighted by Gasteiger charge is 2.38. The first-order chi connectivity index (χ1) is 16.7. The first-order valence-corrected chi connectivity index (χ1v) is 11.5. The van der Waals surface area contributed by atoms with Crippen molar-refractivity contribution in [2.45, 2.75) is 45.4 Å². The van der Waals surface area contributed by atoms with Crippen molar-refractivity contribution in [3.63, 3.8) is 0 Å². The summed E-state index contributed by atoms with van der Waals surface area (Å²) >= 11 is 6.33. The fraction of sp³-hybridized carbons (Fsp3) is 0.280. The number of halogens is 1. The number of imidazole rings is 1. The minimum absolute atomic E-state index is 0.122. The molecule has 0 bridgehead atoms.